The quantitative estimate of drug-likeness (QED) is 0.379. The van der Waals surface area contributed by atoms with E-state index < -0.39 is 0 Å². The lowest BCUT2D eigenvalue weighted by atomic mass is 10.3. The van der Waals surface area contributed by atoms with Crippen molar-refractivity contribution in [3.63, 3.8) is 0 Å². The van der Waals surface area contributed by atoms with Crippen LogP contribution in [0, 0.1) is 0 Å². The van der Waals surface area contributed by atoms with Crippen LogP contribution in [0.15, 0.2) is 59.7 Å². The minimum absolute atomic E-state index is 0.594. The molecule has 0 unspecified atom stereocenters. The van der Waals surface area contributed by atoms with Crippen molar-refractivity contribution in [3.8, 4) is 0 Å². The van der Waals surface area contributed by atoms with E-state index in [1.807, 2.05) is 60.5 Å². The van der Waals surface area contributed by atoms with Crippen LogP contribution < -0.4 is 11.3 Å². The zero-order valence-electron chi connectivity index (χ0n) is 10.8. The Kier molecular flexibility index (Phi) is 4.47. The number of aliphatic imine (C=N–C) groups is 1. The standard InChI is InChI=1S/C14H17N5/c1-19(11-13-9-5-6-10-16-13)14(18-15)17-12-7-3-2-4-8-12/h2-10H,11,15H2,1H3,(H,17,18). The number of pyridine rings is 1. The lowest BCUT2D eigenvalue weighted by Crippen LogP contribution is -2.42. The van der Waals surface area contributed by atoms with E-state index in [2.05, 4.69) is 15.4 Å². The predicted octanol–water partition coefficient (Wildman–Crippen LogP) is 1.66. The summed E-state index contributed by atoms with van der Waals surface area (Å²) in [5.41, 5.74) is 4.43. The van der Waals surface area contributed by atoms with Crippen LogP contribution in [0.3, 0.4) is 0 Å². The summed E-state index contributed by atoms with van der Waals surface area (Å²) in [4.78, 5) is 10.6. The Morgan fingerprint density at radius 3 is 2.58 bits per heavy atom. The zero-order chi connectivity index (χ0) is 13.5. The van der Waals surface area contributed by atoms with Gasteiger partial charge in [0.25, 0.3) is 0 Å². The minimum atomic E-state index is 0.594. The Labute approximate surface area is 112 Å². The van der Waals surface area contributed by atoms with Crippen molar-refractivity contribution in [2.75, 3.05) is 7.05 Å². The van der Waals surface area contributed by atoms with Gasteiger partial charge in [-0.15, -0.1) is 0 Å². The molecule has 3 N–H and O–H groups in total. The largest absolute Gasteiger partial charge is 0.339 e. The average molecular weight is 255 g/mol. The van der Waals surface area contributed by atoms with E-state index in [-0.39, 0.29) is 0 Å². The van der Waals surface area contributed by atoms with Crippen LogP contribution in [0.2, 0.25) is 0 Å². The number of aromatic nitrogens is 1. The number of hydrazine groups is 1. The van der Waals surface area contributed by atoms with Crippen molar-refractivity contribution in [2.45, 2.75) is 6.54 Å². The summed E-state index contributed by atoms with van der Waals surface area (Å²) in [6.45, 7) is 0.636. The molecule has 2 aromatic rings. The number of rotatable bonds is 3. The van der Waals surface area contributed by atoms with Gasteiger partial charge in [0.1, 0.15) is 0 Å². The normalized spacial score (nSPS) is 11.2. The van der Waals surface area contributed by atoms with Crippen molar-refractivity contribution in [3.05, 3.63) is 60.4 Å². The van der Waals surface area contributed by atoms with Gasteiger partial charge in [-0.05, 0) is 24.3 Å². The third-order valence-electron chi connectivity index (χ3n) is 2.61. The molecule has 0 saturated heterocycles. The molecule has 0 aliphatic rings. The van der Waals surface area contributed by atoms with Crippen molar-refractivity contribution in [2.24, 2.45) is 10.8 Å². The van der Waals surface area contributed by atoms with E-state index in [1.165, 1.54) is 0 Å². The van der Waals surface area contributed by atoms with Crippen LogP contribution in [0.1, 0.15) is 5.69 Å². The summed E-state index contributed by atoms with van der Waals surface area (Å²) in [5.74, 6) is 6.13. The third kappa shape index (κ3) is 3.79. The molecule has 0 saturated carbocycles. The van der Waals surface area contributed by atoms with Gasteiger partial charge in [-0.25, -0.2) is 10.8 Å². The van der Waals surface area contributed by atoms with Crippen LogP contribution in [0.4, 0.5) is 5.69 Å². The Morgan fingerprint density at radius 1 is 1.21 bits per heavy atom. The van der Waals surface area contributed by atoms with Gasteiger partial charge in [0.15, 0.2) is 0 Å². The van der Waals surface area contributed by atoms with Crippen molar-refractivity contribution < 1.29 is 0 Å². The molecule has 0 aliphatic heterocycles. The molecule has 0 radical (unpaired) electrons. The highest BCUT2D eigenvalue weighted by Crippen LogP contribution is 2.10. The van der Waals surface area contributed by atoms with Gasteiger partial charge in [-0.1, -0.05) is 24.3 Å². The highest BCUT2D eigenvalue weighted by Gasteiger charge is 2.06. The first kappa shape index (κ1) is 13.0. The maximum absolute atomic E-state index is 5.53. The molecule has 0 fully saturated rings. The smallest absolute Gasteiger partial charge is 0.213 e. The van der Waals surface area contributed by atoms with E-state index in [1.54, 1.807) is 6.20 Å². The molecule has 5 heteroatoms. The molecular weight excluding hydrogens is 238 g/mol. The van der Waals surface area contributed by atoms with Crippen LogP contribution in [0.5, 0.6) is 0 Å². The van der Waals surface area contributed by atoms with Crippen LogP contribution in [-0.4, -0.2) is 22.9 Å². The first-order chi connectivity index (χ1) is 9.29. The van der Waals surface area contributed by atoms with Gasteiger partial charge in [-0.3, -0.25) is 10.4 Å². The Hall–Kier alpha value is -2.40. The molecule has 0 bridgehead atoms. The second-order valence-corrected chi connectivity index (χ2v) is 4.09. The molecule has 1 heterocycles. The number of benzene rings is 1. The number of nitrogens with two attached hydrogens (primary N) is 1. The van der Waals surface area contributed by atoms with Gasteiger partial charge in [-0.2, -0.15) is 0 Å². The third-order valence-corrected chi connectivity index (χ3v) is 2.61. The fourth-order valence-corrected chi connectivity index (χ4v) is 1.66. The van der Waals surface area contributed by atoms with Gasteiger partial charge >= 0.3 is 0 Å². The maximum atomic E-state index is 5.53. The molecule has 5 nitrogen and oxygen atoms in total. The van der Waals surface area contributed by atoms with Crippen molar-refractivity contribution in [1.82, 2.24) is 15.3 Å². The summed E-state index contributed by atoms with van der Waals surface area (Å²) in [6, 6.07) is 15.5. The van der Waals surface area contributed by atoms with Gasteiger partial charge < -0.3 is 4.90 Å². The van der Waals surface area contributed by atoms with Crippen LogP contribution in [-0.2, 0) is 6.54 Å². The molecule has 1 aromatic carbocycles. The minimum Gasteiger partial charge on any atom is -0.339 e. The van der Waals surface area contributed by atoms with E-state index in [9.17, 15) is 0 Å². The molecule has 0 atom stereocenters. The second-order valence-electron chi connectivity index (χ2n) is 4.09. The Morgan fingerprint density at radius 2 is 1.95 bits per heavy atom. The summed E-state index contributed by atoms with van der Waals surface area (Å²) >= 11 is 0. The lowest BCUT2D eigenvalue weighted by molar-refractivity contribution is 0.473. The fraction of sp³-hybridized carbons (Fsp3) is 0.143. The van der Waals surface area contributed by atoms with Crippen molar-refractivity contribution >= 4 is 11.6 Å². The fourth-order valence-electron chi connectivity index (χ4n) is 1.66. The number of guanidine groups is 1. The van der Waals surface area contributed by atoms with E-state index >= 15 is 0 Å². The second kappa shape index (κ2) is 6.51. The number of nitrogens with zero attached hydrogens (tertiary/aromatic N) is 3. The molecule has 0 aliphatic carbocycles. The highest BCUT2D eigenvalue weighted by atomic mass is 15.4. The first-order valence-corrected chi connectivity index (χ1v) is 6.01. The lowest BCUT2D eigenvalue weighted by Gasteiger charge is -2.20. The molecule has 0 amide bonds. The summed E-state index contributed by atoms with van der Waals surface area (Å²) < 4.78 is 0. The predicted molar refractivity (Wildman–Crippen MR) is 76.6 cm³/mol. The number of hydrogen-bond acceptors (Lipinski definition) is 3. The summed E-state index contributed by atoms with van der Waals surface area (Å²) in [5, 5.41) is 0. The topological polar surface area (TPSA) is 66.5 Å². The summed E-state index contributed by atoms with van der Waals surface area (Å²) in [6.07, 6.45) is 1.77. The van der Waals surface area contributed by atoms with Gasteiger partial charge in [0.2, 0.25) is 5.96 Å². The number of hydrogen-bond donors (Lipinski definition) is 2. The number of nitrogens with one attached hydrogen (secondary N) is 1. The monoisotopic (exact) mass is 255 g/mol. The molecule has 0 spiro atoms. The molecule has 19 heavy (non-hydrogen) atoms. The van der Waals surface area contributed by atoms with E-state index in [4.69, 9.17) is 5.84 Å². The maximum Gasteiger partial charge on any atom is 0.213 e. The van der Waals surface area contributed by atoms with E-state index in [0.29, 0.717) is 12.5 Å². The molecule has 98 valence electrons. The van der Waals surface area contributed by atoms with Crippen LogP contribution in [0.25, 0.3) is 0 Å². The van der Waals surface area contributed by atoms with Crippen molar-refractivity contribution in [1.29, 1.82) is 0 Å². The van der Waals surface area contributed by atoms with E-state index in [0.717, 1.165) is 11.4 Å². The Bertz CT molecular complexity index is 524. The van der Waals surface area contributed by atoms with Gasteiger partial charge in [0.05, 0.1) is 17.9 Å². The number of para-hydroxylation sites is 1. The summed E-state index contributed by atoms with van der Waals surface area (Å²) in [7, 11) is 1.91. The molecule has 2 rings (SSSR count). The average Bonchev–Trinajstić information content (AvgIpc) is 2.47. The highest BCUT2D eigenvalue weighted by molar-refractivity contribution is 5.81. The molecular formula is C14H17N5. The molecule has 1 aromatic heterocycles. The SMILES string of the molecule is CN(Cc1ccccn1)C(=Nc1ccccc1)NN. The van der Waals surface area contributed by atoms with Crippen LogP contribution >= 0.6 is 0 Å². The first-order valence-electron chi connectivity index (χ1n) is 6.01. The Balaban J connectivity index is 2.11. The van der Waals surface area contributed by atoms with Gasteiger partial charge in [0, 0.05) is 13.2 Å². The zero-order valence-corrected chi connectivity index (χ0v) is 10.8.